The fraction of sp³-hybridized carbons (Fsp3) is 0.708. The zero-order chi connectivity index (χ0) is 20.0. The van der Waals surface area contributed by atoms with Crippen molar-refractivity contribution in [2.75, 3.05) is 19.6 Å². The smallest absolute Gasteiger partial charge is 0.410 e. The molecule has 1 saturated carbocycles. The molecule has 2 aliphatic rings. The maximum atomic E-state index is 13.0. The van der Waals surface area contributed by atoms with Crippen LogP contribution in [0, 0.1) is 5.92 Å². The molecule has 0 unspecified atom stereocenters. The van der Waals surface area contributed by atoms with E-state index < -0.39 is 5.60 Å². The summed E-state index contributed by atoms with van der Waals surface area (Å²) in [5, 5.41) is 0. The highest BCUT2D eigenvalue weighted by Gasteiger charge is 2.33. The van der Waals surface area contributed by atoms with Crippen molar-refractivity contribution in [3.05, 3.63) is 35.9 Å². The van der Waals surface area contributed by atoms with E-state index in [1.54, 1.807) is 0 Å². The fourth-order valence-corrected chi connectivity index (χ4v) is 4.57. The number of likely N-dealkylation sites (tertiary alicyclic amines) is 1. The van der Waals surface area contributed by atoms with Crippen LogP contribution in [-0.2, 0) is 11.3 Å². The van der Waals surface area contributed by atoms with Crippen molar-refractivity contribution < 1.29 is 9.53 Å². The molecule has 0 radical (unpaired) electrons. The average molecular weight is 387 g/mol. The van der Waals surface area contributed by atoms with Crippen LogP contribution >= 0.6 is 0 Å². The van der Waals surface area contributed by atoms with Gasteiger partial charge >= 0.3 is 6.09 Å². The summed E-state index contributed by atoms with van der Waals surface area (Å²) in [5.74, 6) is 0.642. The third kappa shape index (κ3) is 6.51. The number of carbonyl (C=O) groups is 1. The van der Waals surface area contributed by atoms with Gasteiger partial charge in [-0.2, -0.15) is 0 Å². The summed E-state index contributed by atoms with van der Waals surface area (Å²) in [6, 6.07) is 11.0. The summed E-state index contributed by atoms with van der Waals surface area (Å²) in [7, 11) is 0. The molecule has 1 aromatic rings. The summed E-state index contributed by atoms with van der Waals surface area (Å²) in [6.07, 6.45) is 8.45. The summed E-state index contributed by atoms with van der Waals surface area (Å²) >= 11 is 0. The lowest BCUT2D eigenvalue weighted by molar-refractivity contribution is 0.00215. The van der Waals surface area contributed by atoms with Crippen molar-refractivity contribution in [3.8, 4) is 0 Å². The number of benzene rings is 1. The molecule has 2 fully saturated rings. The second kappa shape index (κ2) is 9.78. The van der Waals surface area contributed by atoms with Crippen LogP contribution in [0.1, 0.15) is 71.3 Å². The highest BCUT2D eigenvalue weighted by Crippen LogP contribution is 2.28. The fourth-order valence-electron chi connectivity index (χ4n) is 4.57. The van der Waals surface area contributed by atoms with Gasteiger partial charge in [0.25, 0.3) is 0 Å². The van der Waals surface area contributed by atoms with Crippen LogP contribution in [0.25, 0.3) is 0 Å². The van der Waals surface area contributed by atoms with E-state index in [0.717, 1.165) is 39.0 Å². The predicted octanol–water partition coefficient (Wildman–Crippen LogP) is 5.47. The van der Waals surface area contributed by atoms with Crippen LogP contribution in [0.2, 0.25) is 0 Å². The van der Waals surface area contributed by atoms with E-state index in [9.17, 15) is 4.79 Å². The molecule has 28 heavy (non-hydrogen) atoms. The average Bonchev–Trinajstić information content (AvgIpc) is 2.67. The minimum atomic E-state index is -0.435. The predicted molar refractivity (Wildman–Crippen MR) is 114 cm³/mol. The Bertz CT molecular complexity index is 597. The van der Waals surface area contributed by atoms with Crippen LogP contribution in [0.4, 0.5) is 4.79 Å². The van der Waals surface area contributed by atoms with Crippen molar-refractivity contribution in [1.29, 1.82) is 0 Å². The normalized spacial score (nSPS) is 20.1. The van der Waals surface area contributed by atoms with E-state index in [1.165, 1.54) is 37.7 Å². The highest BCUT2D eigenvalue weighted by atomic mass is 16.6. The standard InChI is InChI=1S/C24H38N2O2/c1-24(2,3)28-23(27)26(19-21-12-8-5-9-13-21)22-14-16-25(17-15-22)18-20-10-6-4-7-11-20/h4,6-7,10-11,21-22H,5,8-9,12-19H2,1-3H3. The number of ether oxygens (including phenoxy) is 1. The third-order valence-corrected chi connectivity index (χ3v) is 6.05. The first kappa shape index (κ1) is 21.2. The van der Waals surface area contributed by atoms with Crippen LogP contribution in [0.5, 0.6) is 0 Å². The molecule has 4 heteroatoms. The maximum Gasteiger partial charge on any atom is 0.410 e. The summed E-state index contributed by atoms with van der Waals surface area (Å²) in [4.78, 5) is 17.6. The molecule has 0 aromatic heterocycles. The SMILES string of the molecule is CC(C)(C)OC(=O)N(CC1CCCCC1)C1CCN(Cc2ccccc2)CC1. The van der Waals surface area contributed by atoms with Crippen molar-refractivity contribution >= 4 is 6.09 Å². The maximum absolute atomic E-state index is 13.0. The van der Waals surface area contributed by atoms with E-state index in [4.69, 9.17) is 4.74 Å². The number of hydrogen-bond donors (Lipinski definition) is 0. The zero-order valence-corrected chi connectivity index (χ0v) is 18.0. The second-order valence-electron chi connectivity index (χ2n) is 9.63. The number of hydrogen-bond acceptors (Lipinski definition) is 3. The Morgan fingerprint density at radius 2 is 1.68 bits per heavy atom. The molecule has 0 N–H and O–H groups in total. The number of rotatable bonds is 5. The van der Waals surface area contributed by atoms with Gasteiger partial charge in [0.2, 0.25) is 0 Å². The van der Waals surface area contributed by atoms with Crippen molar-refractivity contribution in [1.82, 2.24) is 9.80 Å². The molecule has 0 atom stereocenters. The summed E-state index contributed by atoms with van der Waals surface area (Å²) in [5.41, 5.74) is 0.933. The van der Waals surface area contributed by atoms with E-state index >= 15 is 0 Å². The van der Waals surface area contributed by atoms with Gasteiger partial charge in [-0.3, -0.25) is 4.90 Å². The van der Waals surface area contributed by atoms with Gasteiger partial charge < -0.3 is 9.64 Å². The Labute approximate surface area is 171 Å². The molecule has 1 aromatic carbocycles. The quantitative estimate of drug-likeness (QED) is 0.673. The van der Waals surface area contributed by atoms with E-state index in [-0.39, 0.29) is 6.09 Å². The van der Waals surface area contributed by atoms with Gasteiger partial charge in [0.15, 0.2) is 0 Å². The first-order chi connectivity index (χ1) is 13.4. The van der Waals surface area contributed by atoms with Crippen LogP contribution in [0.3, 0.4) is 0 Å². The van der Waals surface area contributed by atoms with Crippen LogP contribution in [-0.4, -0.2) is 47.2 Å². The zero-order valence-electron chi connectivity index (χ0n) is 18.0. The van der Waals surface area contributed by atoms with Crippen molar-refractivity contribution in [3.63, 3.8) is 0 Å². The van der Waals surface area contributed by atoms with Crippen LogP contribution in [0.15, 0.2) is 30.3 Å². The highest BCUT2D eigenvalue weighted by molar-refractivity contribution is 5.68. The van der Waals surface area contributed by atoms with Crippen molar-refractivity contribution in [2.45, 2.75) is 83.9 Å². The second-order valence-corrected chi connectivity index (χ2v) is 9.63. The molecule has 0 bridgehead atoms. The summed E-state index contributed by atoms with van der Waals surface area (Å²) in [6.45, 7) is 9.86. The largest absolute Gasteiger partial charge is 0.444 e. The van der Waals surface area contributed by atoms with Gasteiger partial charge in [-0.15, -0.1) is 0 Å². The Morgan fingerprint density at radius 3 is 2.29 bits per heavy atom. The molecule has 156 valence electrons. The van der Waals surface area contributed by atoms with Gasteiger partial charge in [-0.1, -0.05) is 49.6 Å². The molecule has 1 saturated heterocycles. The topological polar surface area (TPSA) is 32.8 Å². The van der Waals surface area contributed by atoms with Gasteiger partial charge in [0.1, 0.15) is 5.60 Å². The van der Waals surface area contributed by atoms with Gasteiger partial charge in [0, 0.05) is 32.2 Å². The van der Waals surface area contributed by atoms with Gasteiger partial charge in [-0.25, -0.2) is 4.79 Å². The lowest BCUT2D eigenvalue weighted by Crippen LogP contribution is -2.50. The summed E-state index contributed by atoms with van der Waals surface area (Å²) < 4.78 is 5.79. The van der Waals surface area contributed by atoms with Crippen molar-refractivity contribution in [2.24, 2.45) is 5.92 Å². The van der Waals surface area contributed by atoms with E-state index in [2.05, 4.69) is 40.1 Å². The lowest BCUT2D eigenvalue weighted by Gasteiger charge is -2.41. The first-order valence-electron chi connectivity index (χ1n) is 11.2. The Hall–Kier alpha value is -1.55. The first-order valence-corrected chi connectivity index (χ1v) is 11.2. The number of carbonyl (C=O) groups excluding carboxylic acids is 1. The Morgan fingerprint density at radius 1 is 1.04 bits per heavy atom. The lowest BCUT2D eigenvalue weighted by atomic mass is 9.88. The Balaban J connectivity index is 1.59. The molecule has 1 heterocycles. The number of piperidine rings is 1. The van der Waals surface area contributed by atoms with E-state index in [1.807, 2.05) is 20.8 Å². The Kier molecular flexibility index (Phi) is 7.39. The molecule has 4 nitrogen and oxygen atoms in total. The molecule has 3 rings (SSSR count). The molecular formula is C24H38N2O2. The van der Waals surface area contributed by atoms with E-state index in [0.29, 0.717) is 12.0 Å². The van der Waals surface area contributed by atoms with Crippen LogP contribution < -0.4 is 0 Å². The van der Waals surface area contributed by atoms with Gasteiger partial charge in [0.05, 0.1) is 0 Å². The molecule has 0 spiro atoms. The number of amides is 1. The minimum Gasteiger partial charge on any atom is -0.444 e. The molecule has 1 aliphatic heterocycles. The molecule has 1 aliphatic carbocycles. The molecular weight excluding hydrogens is 348 g/mol. The number of nitrogens with zero attached hydrogens (tertiary/aromatic N) is 2. The molecule has 1 amide bonds. The third-order valence-electron chi connectivity index (χ3n) is 6.05. The monoisotopic (exact) mass is 386 g/mol. The minimum absolute atomic E-state index is 0.111. The van der Waals surface area contributed by atoms with Gasteiger partial charge in [-0.05, 0) is 57.9 Å².